The monoisotopic (exact) mass is 686 g/mol. The number of hydrogen-bond acceptors (Lipinski definition) is 2. The molecule has 0 radical (unpaired) electrons. The predicted octanol–water partition coefficient (Wildman–Crippen LogP) is 12.8. The molecule has 1 aliphatic rings. The van der Waals surface area contributed by atoms with Crippen LogP contribution in [0.5, 0.6) is 0 Å². The number of fused-ring (bicyclic) bond motifs is 9. The smallest absolute Gasteiger partial charge is 0.0787 e. The van der Waals surface area contributed by atoms with Crippen LogP contribution in [-0.4, -0.2) is 19.1 Å². The van der Waals surface area contributed by atoms with Crippen LogP contribution in [0.1, 0.15) is 0 Å². The van der Waals surface area contributed by atoms with E-state index in [0.29, 0.717) is 0 Å². The zero-order valence-corrected chi connectivity index (χ0v) is 29.1. The van der Waals surface area contributed by atoms with Gasteiger partial charge in [-0.2, -0.15) is 0 Å². The minimum Gasteiger partial charge on any atom is -0.309 e. The first-order valence-corrected chi connectivity index (χ1v) is 18.4. The van der Waals surface area contributed by atoms with Crippen molar-refractivity contribution in [3.8, 4) is 56.1 Å². The molecule has 0 amide bonds. The first kappa shape index (κ1) is 29.3. The Bertz CT molecular complexity index is 3290. The molecule has 4 heterocycles. The Morgan fingerprint density at radius 1 is 0.333 bits per heavy atom. The number of aromatic nitrogens is 4. The summed E-state index contributed by atoms with van der Waals surface area (Å²) in [6, 6.07) is 61.4. The average Bonchev–Trinajstić information content (AvgIpc) is 3.87. The number of hydrogen-bond donors (Lipinski definition) is 0. The second-order valence-electron chi connectivity index (χ2n) is 14.2. The maximum atomic E-state index is 5.14. The van der Waals surface area contributed by atoms with Gasteiger partial charge in [0, 0.05) is 78.3 Å². The lowest BCUT2D eigenvalue weighted by atomic mass is 9.98. The molecule has 7 aromatic carbocycles. The zero-order chi connectivity index (χ0) is 35.3. The Morgan fingerprint density at radius 2 is 0.870 bits per heavy atom. The molecule has 0 fully saturated rings. The maximum Gasteiger partial charge on any atom is 0.0787 e. The van der Waals surface area contributed by atoms with Gasteiger partial charge in [-0.15, -0.1) is 0 Å². The third kappa shape index (κ3) is 4.08. The highest BCUT2D eigenvalue weighted by molar-refractivity contribution is 6.18. The van der Waals surface area contributed by atoms with Gasteiger partial charge in [-0.05, 0) is 83.9 Å². The number of benzene rings is 7. The fourth-order valence-corrected chi connectivity index (χ4v) is 8.98. The molecule has 0 saturated heterocycles. The van der Waals surface area contributed by atoms with Crippen LogP contribution in [0, 0.1) is 0 Å². The van der Waals surface area contributed by atoms with Crippen molar-refractivity contribution in [2.75, 3.05) is 0 Å². The molecule has 11 aromatic rings. The van der Waals surface area contributed by atoms with Crippen LogP contribution < -0.4 is 0 Å². The summed E-state index contributed by atoms with van der Waals surface area (Å²) in [5.74, 6) is 0. The highest BCUT2D eigenvalue weighted by atomic mass is 15.0. The van der Waals surface area contributed by atoms with E-state index in [-0.39, 0.29) is 0 Å². The van der Waals surface area contributed by atoms with Gasteiger partial charge in [0.05, 0.1) is 33.5 Å². The van der Waals surface area contributed by atoms with Crippen molar-refractivity contribution >= 4 is 54.4 Å². The second kappa shape index (κ2) is 11.1. The lowest BCUT2D eigenvalue weighted by Crippen LogP contribution is -1.93. The fourth-order valence-electron chi connectivity index (χ4n) is 8.98. The van der Waals surface area contributed by atoms with Gasteiger partial charge in [0.15, 0.2) is 0 Å². The Labute approximate surface area is 310 Å². The molecule has 0 saturated carbocycles. The molecule has 0 bridgehead atoms. The molecule has 0 N–H and O–H groups in total. The quantitative estimate of drug-likeness (QED) is 0.185. The Kier molecular flexibility index (Phi) is 6.02. The third-order valence-electron chi connectivity index (χ3n) is 11.3. The van der Waals surface area contributed by atoms with Gasteiger partial charge in [-0.25, -0.2) is 0 Å². The average molecular weight is 687 g/mol. The van der Waals surface area contributed by atoms with Crippen molar-refractivity contribution in [1.29, 1.82) is 0 Å². The van der Waals surface area contributed by atoms with E-state index >= 15 is 0 Å². The molecular weight excluding hydrogens is 657 g/mol. The van der Waals surface area contributed by atoms with Crippen LogP contribution >= 0.6 is 0 Å². The van der Waals surface area contributed by atoms with Crippen molar-refractivity contribution < 1.29 is 0 Å². The second-order valence-corrected chi connectivity index (χ2v) is 14.2. The molecule has 4 heteroatoms. The molecule has 0 atom stereocenters. The van der Waals surface area contributed by atoms with Crippen LogP contribution in [0.2, 0.25) is 0 Å². The van der Waals surface area contributed by atoms with E-state index in [0.717, 1.165) is 39.2 Å². The van der Waals surface area contributed by atoms with Gasteiger partial charge in [-0.3, -0.25) is 9.97 Å². The molecule has 54 heavy (non-hydrogen) atoms. The zero-order valence-electron chi connectivity index (χ0n) is 29.1. The summed E-state index contributed by atoms with van der Waals surface area (Å²) in [5, 5.41) is 7.29. The van der Waals surface area contributed by atoms with Gasteiger partial charge in [0.25, 0.3) is 0 Å². The SMILES string of the molecule is c1ccc(-n2c3ccccc3c3cc(-c4ccc5c(c4)c4cc(-c6ncc7c8c(cccc68)-c6ncccc6-7)ccc4n5-c4ccccc4)ccc32)cc1. The van der Waals surface area contributed by atoms with E-state index in [1.807, 2.05) is 18.5 Å². The van der Waals surface area contributed by atoms with Gasteiger partial charge in [0.2, 0.25) is 0 Å². The predicted molar refractivity (Wildman–Crippen MR) is 224 cm³/mol. The van der Waals surface area contributed by atoms with E-state index in [9.17, 15) is 0 Å². The summed E-state index contributed by atoms with van der Waals surface area (Å²) in [6.07, 6.45) is 3.92. The first-order valence-electron chi connectivity index (χ1n) is 18.4. The van der Waals surface area contributed by atoms with E-state index in [2.05, 4.69) is 173 Å². The summed E-state index contributed by atoms with van der Waals surface area (Å²) in [5.41, 5.74) is 16.1. The van der Waals surface area contributed by atoms with Gasteiger partial charge >= 0.3 is 0 Å². The van der Waals surface area contributed by atoms with Crippen LogP contribution in [0.25, 0.3) is 111 Å². The number of pyridine rings is 2. The third-order valence-corrected chi connectivity index (χ3v) is 11.3. The Hall–Kier alpha value is -7.30. The standard InChI is InChI=1S/C50H30N4/c1-3-11-34(12-4-1)53-44-19-8-7-15-36(44)40-27-31(20-23-45(40)53)32-21-24-46-41(28-32)42-29-33(22-25-47(42)54(46)35-13-5-2-6-14-35)49-38-16-9-17-39-48(38)43(30-52-49)37-18-10-26-51-50(37)39/h1-30H. The van der Waals surface area contributed by atoms with Crippen molar-refractivity contribution in [3.05, 3.63) is 182 Å². The molecule has 4 aromatic heterocycles. The summed E-state index contributed by atoms with van der Waals surface area (Å²) < 4.78 is 4.76. The van der Waals surface area contributed by atoms with E-state index < -0.39 is 0 Å². The molecule has 4 nitrogen and oxygen atoms in total. The van der Waals surface area contributed by atoms with Gasteiger partial charge in [-0.1, -0.05) is 97.1 Å². The summed E-state index contributed by atoms with van der Waals surface area (Å²) in [7, 11) is 0. The summed E-state index contributed by atoms with van der Waals surface area (Å²) >= 11 is 0. The van der Waals surface area contributed by atoms with E-state index in [1.54, 1.807) is 0 Å². The molecule has 0 spiro atoms. The minimum atomic E-state index is 0.988. The van der Waals surface area contributed by atoms with Crippen LogP contribution in [0.15, 0.2) is 182 Å². The molecule has 12 rings (SSSR count). The molecule has 0 unspecified atom stereocenters. The summed E-state index contributed by atoms with van der Waals surface area (Å²) in [4.78, 5) is 9.89. The minimum absolute atomic E-state index is 0.988. The van der Waals surface area contributed by atoms with Crippen LogP contribution in [0.3, 0.4) is 0 Å². The van der Waals surface area contributed by atoms with Crippen LogP contribution in [0.4, 0.5) is 0 Å². The van der Waals surface area contributed by atoms with Crippen molar-refractivity contribution in [2.45, 2.75) is 0 Å². The largest absolute Gasteiger partial charge is 0.309 e. The van der Waals surface area contributed by atoms with Gasteiger partial charge in [0.1, 0.15) is 0 Å². The number of rotatable bonds is 4. The molecular formula is C50H30N4. The Morgan fingerprint density at radius 3 is 1.56 bits per heavy atom. The van der Waals surface area contributed by atoms with Crippen molar-refractivity contribution in [2.24, 2.45) is 0 Å². The van der Waals surface area contributed by atoms with E-state index in [4.69, 9.17) is 9.97 Å². The maximum absolute atomic E-state index is 5.14. The Balaban J connectivity index is 1.08. The molecule has 1 aliphatic carbocycles. The topological polar surface area (TPSA) is 35.6 Å². The lowest BCUT2D eigenvalue weighted by molar-refractivity contribution is 1.18. The van der Waals surface area contributed by atoms with Crippen LogP contribution in [-0.2, 0) is 0 Å². The van der Waals surface area contributed by atoms with Gasteiger partial charge < -0.3 is 9.13 Å². The first-order chi connectivity index (χ1) is 26.8. The van der Waals surface area contributed by atoms with Crippen molar-refractivity contribution in [1.82, 2.24) is 19.1 Å². The fraction of sp³-hybridized carbons (Fsp3) is 0. The highest BCUT2D eigenvalue weighted by Crippen LogP contribution is 2.48. The number of para-hydroxylation sites is 3. The molecule has 250 valence electrons. The highest BCUT2D eigenvalue weighted by Gasteiger charge is 2.25. The normalized spacial score (nSPS) is 12.1. The summed E-state index contributed by atoms with van der Waals surface area (Å²) in [6.45, 7) is 0. The van der Waals surface area contributed by atoms with E-state index in [1.165, 1.54) is 71.4 Å². The van der Waals surface area contributed by atoms with Crippen molar-refractivity contribution in [3.63, 3.8) is 0 Å². The molecule has 0 aliphatic heterocycles. The lowest BCUT2D eigenvalue weighted by Gasteiger charge is -2.10. The number of nitrogens with zero attached hydrogens (tertiary/aromatic N) is 4.